The van der Waals surface area contributed by atoms with Gasteiger partial charge in [0.2, 0.25) is 0 Å². The van der Waals surface area contributed by atoms with Crippen LogP contribution in [0, 0.1) is 6.92 Å². The number of benzene rings is 1. The molecule has 138 valence electrons. The van der Waals surface area contributed by atoms with Crippen LogP contribution in [0.5, 0.6) is 0 Å². The number of hydrogen-bond donors (Lipinski definition) is 0. The van der Waals surface area contributed by atoms with Gasteiger partial charge in [0.05, 0.1) is 0 Å². The van der Waals surface area contributed by atoms with Crippen LogP contribution < -0.4 is 0 Å². The summed E-state index contributed by atoms with van der Waals surface area (Å²) in [7, 11) is 3.52. The molecule has 1 aromatic rings. The number of ether oxygens (including phenoxy) is 1. The average Bonchev–Trinajstić information content (AvgIpc) is 2.52. The average molecular weight is 346 g/mol. The number of likely N-dealkylation sites (tertiary alicyclic amines) is 1. The highest BCUT2D eigenvalue weighted by atomic mass is 16.6. The fourth-order valence-electron chi connectivity index (χ4n) is 3.22. The van der Waals surface area contributed by atoms with Gasteiger partial charge in [0.25, 0.3) is 5.91 Å². The van der Waals surface area contributed by atoms with Crippen molar-refractivity contribution in [1.82, 2.24) is 9.80 Å². The fourth-order valence-corrected chi connectivity index (χ4v) is 3.22. The summed E-state index contributed by atoms with van der Waals surface area (Å²) in [5, 5.41) is 0. The molecular weight excluding hydrogens is 316 g/mol. The molecule has 1 aliphatic heterocycles. The van der Waals surface area contributed by atoms with E-state index in [2.05, 4.69) is 13.0 Å². The van der Waals surface area contributed by atoms with Crippen molar-refractivity contribution >= 4 is 12.0 Å². The van der Waals surface area contributed by atoms with Crippen LogP contribution >= 0.6 is 0 Å². The Balaban J connectivity index is 2.01. The second-order valence-electron chi connectivity index (χ2n) is 8.01. The van der Waals surface area contributed by atoms with Crippen molar-refractivity contribution in [3.63, 3.8) is 0 Å². The predicted molar refractivity (Wildman–Crippen MR) is 99.0 cm³/mol. The highest BCUT2D eigenvalue weighted by Crippen LogP contribution is 2.31. The quantitative estimate of drug-likeness (QED) is 0.818. The van der Waals surface area contributed by atoms with E-state index in [4.69, 9.17) is 4.74 Å². The molecule has 0 bridgehead atoms. The lowest BCUT2D eigenvalue weighted by Gasteiger charge is -2.34. The van der Waals surface area contributed by atoms with Gasteiger partial charge in [-0.05, 0) is 69.7 Å². The predicted octanol–water partition coefficient (Wildman–Crippen LogP) is 3.81. The lowest BCUT2D eigenvalue weighted by molar-refractivity contribution is 0.0204. The van der Waals surface area contributed by atoms with Gasteiger partial charge in [-0.3, -0.25) is 4.79 Å². The number of nitrogens with zero attached hydrogens (tertiary/aromatic N) is 2. The number of piperidine rings is 1. The molecule has 5 heteroatoms. The Morgan fingerprint density at radius 2 is 1.76 bits per heavy atom. The molecule has 0 aromatic heterocycles. The third kappa shape index (κ3) is 4.97. The Labute approximate surface area is 150 Å². The van der Waals surface area contributed by atoms with Gasteiger partial charge in [0, 0.05) is 32.7 Å². The van der Waals surface area contributed by atoms with Gasteiger partial charge < -0.3 is 14.5 Å². The van der Waals surface area contributed by atoms with Gasteiger partial charge in [0.15, 0.2) is 0 Å². The number of amides is 2. The van der Waals surface area contributed by atoms with Crippen molar-refractivity contribution in [1.29, 1.82) is 0 Å². The Kier molecular flexibility index (Phi) is 5.76. The maximum Gasteiger partial charge on any atom is 0.410 e. The molecule has 25 heavy (non-hydrogen) atoms. The van der Waals surface area contributed by atoms with Crippen LogP contribution in [-0.4, -0.2) is 54.6 Å². The highest BCUT2D eigenvalue weighted by molar-refractivity contribution is 5.94. The van der Waals surface area contributed by atoms with Gasteiger partial charge >= 0.3 is 6.09 Å². The van der Waals surface area contributed by atoms with E-state index in [1.165, 1.54) is 5.56 Å². The molecule has 1 heterocycles. The number of aryl methyl sites for hydroxylation is 1. The largest absolute Gasteiger partial charge is 0.444 e. The Morgan fingerprint density at radius 3 is 2.24 bits per heavy atom. The molecule has 2 amide bonds. The minimum absolute atomic E-state index is 0.0226. The normalized spacial score (nSPS) is 15.8. The first-order valence-corrected chi connectivity index (χ1v) is 8.88. The Bertz CT molecular complexity index is 639. The third-order valence-electron chi connectivity index (χ3n) is 4.51. The standard InChI is InChI=1S/C20H30N2O3/c1-14-13-16(18(23)21(5)6)7-8-17(14)15-9-11-22(12-10-15)19(24)25-20(2,3)4/h7-8,13,15H,9-12H2,1-6H3. The van der Waals surface area contributed by atoms with E-state index >= 15 is 0 Å². The van der Waals surface area contributed by atoms with E-state index in [1.54, 1.807) is 23.9 Å². The van der Waals surface area contributed by atoms with Crippen LogP contribution in [0.2, 0.25) is 0 Å². The van der Waals surface area contributed by atoms with Gasteiger partial charge in [-0.1, -0.05) is 6.07 Å². The molecule has 1 aromatic carbocycles. The van der Waals surface area contributed by atoms with Crippen LogP contribution in [0.1, 0.15) is 61.0 Å². The molecular formula is C20H30N2O3. The molecule has 2 rings (SSSR count). The molecule has 0 saturated carbocycles. The Morgan fingerprint density at radius 1 is 1.16 bits per heavy atom. The number of carbonyl (C=O) groups excluding carboxylic acids is 2. The van der Waals surface area contributed by atoms with Crippen LogP contribution in [0.3, 0.4) is 0 Å². The zero-order chi connectivity index (χ0) is 18.8. The maximum atomic E-state index is 12.2. The van der Waals surface area contributed by atoms with Gasteiger partial charge in [-0.25, -0.2) is 4.79 Å². The van der Waals surface area contributed by atoms with Gasteiger partial charge in [0.1, 0.15) is 5.60 Å². The van der Waals surface area contributed by atoms with Crippen molar-refractivity contribution in [3.8, 4) is 0 Å². The summed E-state index contributed by atoms with van der Waals surface area (Å²) in [5.41, 5.74) is 2.68. The van der Waals surface area contributed by atoms with Crippen LogP contribution in [0.25, 0.3) is 0 Å². The molecule has 1 saturated heterocycles. The van der Waals surface area contributed by atoms with Crippen molar-refractivity contribution < 1.29 is 14.3 Å². The number of rotatable bonds is 2. The Hall–Kier alpha value is -2.04. The molecule has 0 aliphatic carbocycles. The summed E-state index contributed by atoms with van der Waals surface area (Å²) in [6, 6.07) is 5.95. The first-order valence-electron chi connectivity index (χ1n) is 8.88. The summed E-state index contributed by atoms with van der Waals surface area (Å²) >= 11 is 0. The molecule has 0 spiro atoms. The maximum absolute atomic E-state index is 12.2. The molecule has 0 radical (unpaired) electrons. The zero-order valence-electron chi connectivity index (χ0n) is 16.3. The van der Waals surface area contributed by atoms with Crippen LogP contribution in [0.15, 0.2) is 18.2 Å². The van der Waals surface area contributed by atoms with E-state index in [0.717, 1.165) is 24.0 Å². The van der Waals surface area contributed by atoms with Crippen molar-refractivity contribution in [2.24, 2.45) is 0 Å². The first kappa shape index (κ1) is 19.3. The second-order valence-corrected chi connectivity index (χ2v) is 8.01. The van der Waals surface area contributed by atoms with E-state index in [0.29, 0.717) is 19.0 Å². The van der Waals surface area contributed by atoms with E-state index in [1.807, 2.05) is 32.9 Å². The number of carbonyl (C=O) groups is 2. The second kappa shape index (κ2) is 7.46. The fraction of sp³-hybridized carbons (Fsp3) is 0.600. The highest BCUT2D eigenvalue weighted by Gasteiger charge is 2.28. The summed E-state index contributed by atoms with van der Waals surface area (Å²) in [6.45, 7) is 9.13. The lowest BCUT2D eigenvalue weighted by Crippen LogP contribution is -2.41. The summed E-state index contributed by atoms with van der Waals surface area (Å²) < 4.78 is 5.45. The molecule has 0 N–H and O–H groups in total. The summed E-state index contributed by atoms with van der Waals surface area (Å²) in [6.07, 6.45) is 1.61. The van der Waals surface area contributed by atoms with E-state index < -0.39 is 5.60 Å². The molecule has 0 atom stereocenters. The lowest BCUT2D eigenvalue weighted by atomic mass is 9.86. The third-order valence-corrected chi connectivity index (χ3v) is 4.51. The monoisotopic (exact) mass is 346 g/mol. The van der Waals surface area contributed by atoms with Gasteiger partial charge in [-0.2, -0.15) is 0 Å². The van der Waals surface area contributed by atoms with E-state index in [-0.39, 0.29) is 12.0 Å². The summed E-state index contributed by atoms with van der Waals surface area (Å²) in [5.74, 6) is 0.441. The smallest absolute Gasteiger partial charge is 0.410 e. The topological polar surface area (TPSA) is 49.9 Å². The number of hydrogen-bond acceptors (Lipinski definition) is 3. The molecule has 1 fully saturated rings. The minimum atomic E-state index is -0.459. The summed E-state index contributed by atoms with van der Waals surface area (Å²) in [4.78, 5) is 27.6. The first-order chi connectivity index (χ1) is 11.6. The van der Waals surface area contributed by atoms with Crippen molar-refractivity contribution in [2.45, 2.75) is 52.1 Å². The van der Waals surface area contributed by atoms with Crippen molar-refractivity contribution in [3.05, 3.63) is 34.9 Å². The van der Waals surface area contributed by atoms with Crippen molar-refractivity contribution in [2.75, 3.05) is 27.2 Å². The van der Waals surface area contributed by atoms with E-state index in [9.17, 15) is 9.59 Å². The van der Waals surface area contributed by atoms with Crippen LogP contribution in [-0.2, 0) is 4.74 Å². The van der Waals surface area contributed by atoms with Gasteiger partial charge in [-0.15, -0.1) is 0 Å². The minimum Gasteiger partial charge on any atom is -0.444 e. The molecule has 0 unspecified atom stereocenters. The molecule has 1 aliphatic rings. The zero-order valence-corrected chi connectivity index (χ0v) is 16.3. The SMILES string of the molecule is Cc1cc(C(=O)N(C)C)ccc1C1CCN(C(=O)OC(C)(C)C)CC1. The van der Waals surface area contributed by atoms with Crippen LogP contribution in [0.4, 0.5) is 4.79 Å². The molecule has 5 nitrogen and oxygen atoms in total.